The molecule has 2 rings (SSSR count). The fraction of sp³-hybridized carbons (Fsp3) is 0.200. The first-order valence-corrected chi connectivity index (χ1v) is 8.85. The van der Waals surface area contributed by atoms with Crippen molar-refractivity contribution in [2.75, 3.05) is 6.61 Å². The second-order valence-electron chi connectivity index (χ2n) is 5.06. The van der Waals surface area contributed by atoms with Crippen LogP contribution >= 0.6 is 11.6 Å². The third-order valence-electron chi connectivity index (χ3n) is 2.99. The highest BCUT2D eigenvalue weighted by Gasteiger charge is 2.27. The van der Waals surface area contributed by atoms with E-state index in [2.05, 4.69) is 9.72 Å². The third-order valence-corrected chi connectivity index (χ3v) is 4.53. The van der Waals surface area contributed by atoms with Crippen LogP contribution in [0.4, 0.5) is 13.2 Å². The summed E-state index contributed by atoms with van der Waals surface area (Å²) in [6.45, 7) is -1.68. The highest BCUT2D eigenvalue weighted by Crippen LogP contribution is 2.16. The zero-order valence-electron chi connectivity index (χ0n) is 13.0. The van der Waals surface area contributed by atoms with Gasteiger partial charge in [0.25, 0.3) is 15.9 Å². The number of sulfonamides is 1. The molecule has 1 aromatic carbocycles. The van der Waals surface area contributed by atoms with Crippen molar-refractivity contribution in [3.63, 3.8) is 0 Å². The second kappa shape index (κ2) is 8.02. The van der Waals surface area contributed by atoms with E-state index in [0.717, 1.165) is 6.20 Å². The molecule has 0 aliphatic carbocycles. The van der Waals surface area contributed by atoms with E-state index in [9.17, 15) is 26.4 Å². The summed E-state index contributed by atoms with van der Waals surface area (Å²) in [4.78, 5) is 15.4. The van der Waals surface area contributed by atoms with Crippen LogP contribution in [0.5, 0.6) is 0 Å². The maximum atomic E-state index is 12.1. The predicted molar refractivity (Wildman–Crippen MR) is 86.1 cm³/mol. The van der Waals surface area contributed by atoms with Gasteiger partial charge in [-0.15, -0.1) is 0 Å². The maximum absolute atomic E-state index is 12.1. The lowest BCUT2D eigenvalue weighted by atomic mass is 10.1. The number of carbonyl (C=O) groups is 1. The van der Waals surface area contributed by atoms with Crippen LogP contribution in [-0.2, 0) is 21.4 Å². The molecule has 1 heterocycles. The minimum absolute atomic E-state index is 0.00932. The number of aromatic nitrogens is 1. The molecular formula is C15H12ClF3N2O4S. The molecular weight excluding hydrogens is 397 g/mol. The van der Waals surface area contributed by atoms with Gasteiger partial charge in [0.05, 0.1) is 6.61 Å². The van der Waals surface area contributed by atoms with Crippen molar-refractivity contribution in [1.29, 1.82) is 0 Å². The first-order valence-electron chi connectivity index (χ1n) is 6.99. The summed E-state index contributed by atoms with van der Waals surface area (Å²) >= 11 is 5.57. The lowest BCUT2D eigenvalue weighted by molar-refractivity contribution is -0.176. The molecule has 0 aliphatic heterocycles. The first-order chi connectivity index (χ1) is 12.1. The molecule has 0 saturated heterocycles. The van der Waals surface area contributed by atoms with E-state index >= 15 is 0 Å². The van der Waals surface area contributed by atoms with Gasteiger partial charge in [-0.1, -0.05) is 23.7 Å². The van der Waals surface area contributed by atoms with Crippen LogP contribution in [0, 0.1) is 0 Å². The van der Waals surface area contributed by atoms with Crippen molar-refractivity contribution in [3.05, 3.63) is 58.9 Å². The fourth-order valence-electron chi connectivity index (χ4n) is 1.80. The number of rotatable bonds is 6. The van der Waals surface area contributed by atoms with Crippen molar-refractivity contribution < 1.29 is 31.1 Å². The van der Waals surface area contributed by atoms with E-state index < -0.39 is 28.7 Å². The molecule has 2 aromatic rings. The summed E-state index contributed by atoms with van der Waals surface area (Å²) in [6, 6.07) is 7.72. The summed E-state index contributed by atoms with van der Waals surface area (Å²) in [7, 11) is -4.14. The standard InChI is InChI=1S/C15H12ClF3N2O4S/c16-13-6-5-12(7-20-13)26(23,24)21-14(22)11-3-1-10(2-4-11)8-25-9-15(17,18)19/h1-7H,8-9H2,(H,21,22). The molecule has 1 aromatic heterocycles. The Kier molecular flexibility index (Phi) is 6.21. The number of ether oxygens (including phenoxy) is 1. The molecule has 0 spiro atoms. The van der Waals surface area contributed by atoms with Crippen molar-refractivity contribution in [2.45, 2.75) is 17.7 Å². The van der Waals surface area contributed by atoms with Crippen LogP contribution in [0.3, 0.4) is 0 Å². The largest absolute Gasteiger partial charge is 0.411 e. The number of pyridine rings is 1. The smallest absolute Gasteiger partial charge is 0.367 e. The van der Waals surface area contributed by atoms with Gasteiger partial charge in [-0.25, -0.2) is 18.1 Å². The quantitative estimate of drug-likeness (QED) is 0.743. The van der Waals surface area contributed by atoms with E-state index in [1.807, 2.05) is 4.72 Å². The number of alkyl halides is 3. The highest BCUT2D eigenvalue weighted by atomic mass is 35.5. The molecule has 140 valence electrons. The van der Waals surface area contributed by atoms with Gasteiger partial charge < -0.3 is 4.74 Å². The molecule has 0 atom stereocenters. The molecule has 0 unspecified atom stereocenters. The van der Waals surface area contributed by atoms with Gasteiger partial charge in [0.2, 0.25) is 0 Å². The Hall–Kier alpha value is -2.17. The second-order valence-corrected chi connectivity index (χ2v) is 7.13. The zero-order chi connectivity index (χ0) is 19.4. The van der Waals surface area contributed by atoms with Gasteiger partial charge >= 0.3 is 6.18 Å². The lowest BCUT2D eigenvalue weighted by Gasteiger charge is -2.09. The number of amides is 1. The van der Waals surface area contributed by atoms with Gasteiger partial charge in [-0.2, -0.15) is 13.2 Å². The Morgan fingerprint density at radius 1 is 1.15 bits per heavy atom. The molecule has 1 amide bonds. The number of nitrogens with one attached hydrogen (secondary N) is 1. The van der Waals surface area contributed by atoms with E-state index in [1.54, 1.807) is 0 Å². The topological polar surface area (TPSA) is 85.4 Å². The average molecular weight is 409 g/mol. The number of carbonyl (C=O) groups excluding carboxylic acids is 1. The highest BCUT2D eigenvalue weighted by molar-refractivity contribution is 7.90. The first kappa shape index (κ1) is 20.1. The number of hydrogen-bond donors (Lipinski definition) is 1. The molecule has 0 bridgehead atoms. The number of nitrogens with zero attached hydrogens (tertiary/aromatic N) is 1. The Morgan fingerprint density at radius 2 is 1.81 bits per heavy atom. The monoisotopic (exact) mass is 408 g/mol. The van der Waals surface area contributed by atoms with Gasteiger partial charge in [0, 0.05) is 11.8 Å². The SMILES string of the molecule is O=C(NS(=O)(=O)c1ccc(Cl)nc1)c1ccc(COCC(F)(F)F)cc1. The average Bonchev–Trinajstić information content (AvgIpc) is 2.54. The van der Waals surface area contributed by atoms with E-state index in [1.165, 1.54) is 36.4 Å². The van der Waals surface area contributed by atoms with Crippen molar-refractivity contribution >= 4 is 27.5 Å². The Bertz CT molecular complexity index is 869. The molecule has 26 heavy (non-hydrogen) atoms. The van der Waals surface area contributed by atoms with E-state index in [-0.39, 0.29) is 22.2 Å². The molecule has 0 aliphatic rings. The van der Waals surface area contributed by atoms with Crippen molar-refractivity contribution in [2.24, 2.45) is 0 Å². The van der Waals surface area contributed by atoms with Crippen LogP contribution in [0.15, 0.2) is 47.5 Å². The third kappa shape index (κ3) is 5.97. The molecule has 6 nitrogen and oxygen atoms in total. The number of benzene rings is 1. The molecule has 0 fully saturated rings. The maximum Gasteiger partial charge on any atom is 0.411 e. The van der Waals surface area contributed by atoms with Gasteiger partial charge in [0.15, 0.2) is 0 Å². The van der Waals surface area contributed by atoms with Crippen LogP contribution in [0.25, 0.3) is 0 Å². The molecule has 11 heteroatoms. The Labute approximate surface area is 152 Å². The van der Waals surface area contributed by atoms with Crippen LogP contribution in [0.1, 0.15) is 15.9 Å². The fourth-order valence-corrected chi connectivity index (χ4v) is 2.83. The lowest BCUT2D eigenvalue weighted by Crippen LogP contribution is -2.30. The summed E-state index contributed by atoms with van der Waals surface area (Å²) in [5, 5.41) is 0.0959. The molecule has 0 saturated carbocycles. The van der Waals surface area contributed by atoms with Crippen LogP contribution in [0.2, 0.25) is 5.15 Å². The van der Waals surface area contributed by atoms with Gasteiger partial charge in [0.1, 0.15) is 16.7 Å². The predicted octanol–water partition coefficient (Wildman–Crippen LogP) is 2.93. The summed E-state index contributed by atoms with van der Waals surface area (Å²) in [5.41, 5.74) is 0.408. The Balaban J connectivity index is 2.00. The van der Waals surface area contributed by atoms with E-state index in [0.29, 0.717) is 5.56 Å². The van der Waals surface area contributed by atoms with Gasteiger partial charge in [-0.05, 0) is 29.8 Å². The van der Waals surface area contributed by atoms with Gasteiger partial charge in [-0.3, -0.25) is 4.79 Å². The Morgan fingerprint density at radius 3 is 2.35 bits per heavy atom. The van der Waals surface area contributed by atoms with Crippen LogP contribution < -0.4 is 4.72 Å². The minimum atomic E-state index is -4.43. The van der Waals surface area contributed by atoms with Crippen molar-refractivity contribution in [3.8, 4) is 0 Å². The summed E-state index contributed by atoms with van der Waals surface area (Å²) < 4.78 is 66.5. The minimum Gasteiger partial charge on any atom is -0.367 e. The summed E-state index contributed by atoms with van der Waals surface area (Å²) in [6.07, 6.45) is -3.43. The van der Waals surface area contributed by atoms with E-state index in [4.69, 9.17) is 11.6 Å². The summed E-state index contributed by atoms with van der Waals surface area (Å²) in [5.74, 6) is -0.900. The van der Waals surface area contributed by atoms with Crippen molar-refractivity contribution in [1.82, 2.24) is 9.71 Å². The van der Waals surface area contributed by atoms with Crippen LogP contribution in [-0.4, -0.2) is 32.1 Å². The zero-order valence-corrected chi connectivity index (χ0v) is 14.5. The number of halogens is 4. The molecule has 1 N–H and O–H groups in total. The normalized spacial score (nSPS) is 12.0. The number of hydrogen-bond acceptors (Lipinski definition) is 5. The molecule has 0 radical (unpaired) electrons.